The topological polar surface area (TPSA) is 76.1 Å². The van der Waals surface area contributed by atoms with Crippen molar-refractivity contribution in [1.29, 1.82) is 0 Å². The monoisotopic (exact) mass is 368 g/mol. The van der Waals surface area contributed by atoms with E-state index in [1.54, 1.807) is 24.3 Å². The Bertz CT molecular complexity index is 946. The molecule has 1 heterocycles. The van der Waals surface area contributed by atoms with Gasteiger partial charge in [0.2, 0.25) is 0 Å². The van der Waals surface area contributed by atoms with Crippen LogP contribution in [0.3, 0.4) is 0 Å². The van der Waals surface area contributed by atoms with Crippen molar-refractivity contribution in [3.63, 3.8) is 0 Å². The summed E-state index contributed by atoms with van der Waals surface area (Å²) in [5, 5.41) is 6.32. The van der Waals surface area contributed by atoms with E-state index in [9.17, 15) is 4.79 Å². The van der Waals surface area contributed by atoms with Gasteiger partial charge in [-0.1, -0.05) is 23.7 Å². The quantitative estimate of drug-likeness (QED) is 0.696. The zero-order chi connectivity index (χ0) is 18.5. The molecule has 0 saturated carbocycles. The molecule has 1 amide bonds. The van der Waals surface area contributed by atoms with Crippen LogP contribution in [-0.4, -0.2) is 23.0 Å². The summed E-state index contributed by atoms with van der Waals surface area (Å²) < 4.78 is 5.10. The van der Waals surface area contributed by atoms with Gasteiger partial charge in [-0.3, -0.25) is 4.79 Å². The van der Waals surface area contributed by atoms with E-state index in [1.807, 2.05) is 31.2 Å². The molecule has 7 heteroatoms. The fourth-order valence-corrected chi connectivity index (χ4v) is 2.62. The SMILES string of the molecule is COc1ccc(NC(=O)c2cc(Nc3cccc(C)c3)ncn2)cc1Cl. The van der Waals surface area contributed by atoms with E-state index in [-0.39, 0.29) is 11.6 Å². The van der Waals surface area contributed by atoms with Gasteiger partial charge in [0.25, 0.3) is 5.91 Å². The summed E-state index contributed by atoms with van der Waals surface area (Å²) >= 11 is 6.08. The van der Waals surface area contributed by atoms with E-state index in [0.29, 0.717) is 22.3 Å². The Morgan fingerprint density at radius 2 is 1.92 bits per heavy atom. The second-order valence-corrected chi connectivity index (χ2v) is 5.99. The van der Waals surface area contributed by atoms with E-state index in [2.05, 4.69) is 20.6 Å². The fourth-order valence-electron chi connectivity index (χ4n) is 2.36. The molecule has 0 aliphatic rings. The van der Waals surface area contributed by atoms with Gasteiger partial charge in [-0.25, -0.2) is 9.97 Å². The van der Waals surface area contributed by atoms with Crippen LogP contribution in [0.4, 0.5) is 17.2 Å². The molecule has 0 saturated heterocycles. The zero-order valence-corrected chi connectivity index (χ0v) is 15.0. The largest absolute Gasteiger partial charge is 0.495 e. The van der Waals surface area contributed by atoms with Crippen molar-refractivity contribution in [3.8, 4) is 5.75 Å². The maximum Gasteiger partial charge on any atom is 0.274 e. The van der Waals surface area contributed by atoms with Crippen LogP contribution in [0.2, 0.25) is 5.02 Å². The lowest BCUT2D eigenvalue weighted by Crippen LogP contribution is -2.14. The fraction of sp³-hybridized carbons (Fsp3) is 0.105. The molecule has 0 aliphatic heterocycles. The molecule has 0 radical (unpaired) electrons. The van der Waals surface area contributed by atoms with Gasteiger partial charge >= 0.3 is 0 Å². The van der Waals surface area contributed by atoms with Crippen LogP contribution in [0, 0.1) is 6.92 Å². The van der Waals surface area contributed by atoms with Crippen LogP contribution >= 0.6 is 11.6 Å². The van der Waals surface area contributed by atoms with Gasteiger partial charge in [0.15, 0.2) is 0 Å². The van der Waals surface area contributed by atoms with Gasteiger partial charge < -0.3 is 15.4 Å². The summed E-state index contributed by atoms with van der Waals surface area (Å²) in [4.78, 5) is 20.6. The molecule has 1 aromatic heterocycles. The number of halogens is 1. The standard InChI is InChI=1S/C19H17ClN4O2/c1-12-4-3-5-13(8-12)23-18-10-16(21-11-22-18)19(25)24-14-6-7-17(26-2)15(20)9-14/h3-11H,1-2H3,(H,24,25)(H,21,22,23). The number of aryl methyl sites for hydroxylation is 1. The van der Waals surface area contributed by atoms with Crippen molar-refractivity contribution < 1.29 is 9.53 Å². The minimum absolute atomic E-state index is 0.238. The minimum atomic E-state index is -0.360. The van der Waals surface area contributed by atoms with Crippen molar-refractivity contribution >= 4 is 34.7 Å². The van der Waals surface area contributed by atoms with Crippen molar-refractivity contribution in [1.82, 2.24) is 9.97 Å². The Hall–Kier alpha value is -3.12. The maximum absolute atomic E-state index is 12.4. The molecule has 0 aliphatic carbocycles. The molecule has 132 valence electrons. The molecule has 0 atom stereocenters. The van der Waals surface area contributed by atoms with Gasteiger partial charge in [-0.2, -0.15) is 0 Å². The number of hydrogen-bond acceptors (Lipinski definition) is 5. The summed E-state index contributed by atoms with van der Waals surface area (Å²) in [5.74, 6) is 0.709. The molecule has 6 nitrogen and oxygen atoms in total. The van der Waals surface area contributed by atoms with Crippen LogP contribution in [-0.2, 0) is 0 Å². The first-order chi connectivity index (χ1) is 12.5. The Labute approximate surface area is 156 Å². The zero-order valence-electron chi connectivity index (χ0n) is 14.3. The molecule has 2 N–H and O–H groups in total. The predicted octanol–water partition coefficient (Wildman–Crippen LogP) is 4.44. The Balaban J connectivity index is 1.74. The van der Waals surface area contributed by atoms with E-state index >= 15 is 0 Å². The van der Waals surface area contributed by atoms with Crippen molar-refractivity contribution in [2.75, 3.05) is 17.7 Å². The third-order valence-electron chi connectivity index (χ3n) is 3.60. The number of methoxy groups -OCH3 is 1. The molecule has 0 fully saturated rings. The molecular formula is C19H17ClN4O2. The highest BCUT2D eigenvalue weighted by atomic mass is 35.5. The second kappa shape index (κ2) is 7.84. The van der Waals surface area contributed by atoms with Gasteiger partial charge in [0.05, 0.1) is 12.1 Å². The number of nitrogens with one attached hydrogen (secondary N) is 2. The molecule has 0 unspecified atom stereocenters. The number of anilines is 3. The van der Waals surface area contributed by atoms with E-state index < -0.39 is 0 Å². The Morgan fingerprint density at radius 3 is 2.65 bits per heavy atom. The smallest absolute Gasteiger partial charge is 0.274 e. The lowest BCUT2D eigenvalue weighted by molar-refractivity contribution is 0.102. The normalized spacial score (nSPS) is 10.3. The Morgan fingerprint density at radius 1 is 1.08 bits per heavy atom. The average molecular weight is 369 g/mol. The van der Waals surface area contributed by atoms with Gasteiger partial charge in [-0.05, 0) is 42.8 Å². The highest BCUT2D eigenvalue weighted by Gasteiger charge is 2.11. The van der Waals surface area contributed by atoms with E-state index in [4.69, 9.17) is 16.3 Å². The van der Waals surface area contributed by atoms with Crippen LogP contribution < -0.4 is 15.4 Å². The number of rotatable bonds is 5. The number of nitrogens with zero attached hydrogens (tertiary/aromatic N) is 2. The average Bonchev–Trinajstić information content (AvgIpc) is 2.62. The summed E-state index contributed by atoms with van der Waals surface area (Å²) in [6.07, 6.45) is 1.34. The van der Waals surface area contributed by atoms with Crippen molar-refractivity contribution in [2.45, 2.75) is 6.92 Å². The van der Waals surface area contributed by atoms with Crippen molar-refractivity contribution in [3.05, 3.63) is 71.1 Å². The van der Waals surface area contributed by atoms with Crippen LogP contribution in [0.25, 0.3) is 0 Å². The van der Waals surface area contributed by atoms with Crippen LogP contribution in [0.5, 0.6) is 5.75 Å². The third-order valence-corrected chi connectivity index (χ3v) is 3.90. The number of carbonyl (C=O) groups excluding carboxylic acids is 1. The first-order valence-corrected chi connectivity index (χ1v) is 8.23. The van der Waals surface area contributed by atoms with Crippen LogP contribution in [0.1, 0.15) is 16.1 Å². The van der Waals surface area contributed by atoms with Crippen LogP contribution in [0.15, 0.2) is 54.9 Å². The summed E-state index contributed by atoms with van der Waals surface area (Å²) in [7, 11) is 1.53. The minimum Gasteiger partial charge on any atom is -0.495 e. The number of aromatic nitrogens is 2. The highest BCUT2D eigenvalue weighted by molar-refractivity contribution is 6.32. The summed E-state index contributed by atoms with van der Waals surface area (Å²) in [6, 6.07) is 14.5. The molecular weight excluding hydrogens is 352 g/mol. The lowest BCUT2D eigenvalue weighted by atomic mass is 10.2. The molecule has 0 bridgehead atoms. The van der Waals surface area contributed by atoms with Gasteiger partial charge in [0.1, 0.15) is 23.6 Å². The third kappa shape index (κ3) is 4.29. The molecule has 3 rings (SSSR count). The predicted molar refractivity (Wildman–Crippen MR) is 102 cm³/mol. The summed E-state index contributed by atoms with van der Waals surface area (Å²) in [6.45, 7) is 2.00. The first kappa shape index (κ1) is 17.7. The Kier molecular flexibility index (Phi) is 5.34. The lowest BCUT2D eigenvalue weighted by Gasteiger charge is -2.09. The number of hydrogen-bond donors (Lipinski definition) is 2. The molecule has 0 spiro atoms. The van der Waals surface area contributed by atoms with Gasteiger partial charge in [-0.15, -0.1) is 0 Å². The van der Waals surface area contributed by atoms with E-state index in [0.717, 1.165) is 11.3 Å². The molecule has 3 aromatic rings. The van der Waals surface area contributed by atoms with E-state index in [1.165, 1.54) is 13.4 Å². The second-order valence-electron chi connectivity index (χ2n) is 5.59. The van der Waals surface area contributed by atoms with Gasteiger partial charge in [0, 0.05) is 17.4 Å². The first-order valence-electron chi connectivity index (χ1n) is 7.86. The molecule has 26 heavy (non-hydrogen) atoms. The van der Waals surface area contributed by atoms with Crippen molar-refractivity contribution in [2.24, 2.45) is 0 Å². The highest BCUT2D eigenvalue weighted by Crippen LogP contribution is 2.27. The number of benzene rings is 2. The number of carbonyl (C=O) groups is 1. The maximum atomic E-state index is 12.4. The summed E-state index contributed by atoms with van der Waals surface area (Å²) in [5.41, 5.74) is 2.80. The number of ether oxygens (including phenoxy) is 1. The molecule has 2 aromatic carbocycles. The number of amides is 1.